The summed E-state index contributed by atoms with van der Waals surface area (Å²) >= 11 is 0. The molecular weight excluding hydrogens is 206 g/mol. The van der Waals surface area contributed by atoms with Crippen molar-refractivity contribution in [2.75, 3.05) is 12.4 Å². The Morgan fingerprint density at radius 1 is 1.56 bits per heavy atom. The van der Waals surface area contributed by atoms with E-state index in [0.717, 1.165) is 16.6 Å². The first-order valence-electron chi connectivity index (χ1n) is 4.98. The van der Waals surface area contributed by atoms with Crippen LogP contribution in [0.5, 0.6) is 0 Å². The van der Waals surface area contributed by atoms with Gasteiger partial charge in [-0.05, 0) is 25.1 Å². The van der Waals surface area contributed by atoms with Gasteiger partial charge >= 0.3 is 5.97 Å². The normalized spacial score (nSPS) is 12.4. The number of ether oxygens (including phenoxy) is 1. The van der Waals surface area contributed by atoms with Crippen LogP contribution in [0.25, 0.3) is 10.9 Å². The van der Waals surface area contributed by atoms with Gasteiger partial charge in [0, 0.05) is 11.1 Å². The zero-order chi connectivity index (χ0) is 11.5. The molecule has 0 radical (unpaired) electrons. The molecule has 1 heterocycles. The van der Waals surface area contributed by atoms with Crippen LogP contribution in [-0.4, -0.2) is 29.3 Å². The van der Waals surface area contributed by atoms with Crippen molar-refractivity contribution >= 4 is 22.6 Å². The number of nitrogens with one attached hydrogen (secondary N) is 2. The molecule has 0 saturated carbocycles. The van der Waals surface area contributed by atoms with E-state index >= 15 is 0 Å². The van der Waals surface area contributed by atoms with Crippen molar-refractivity contribution in [3.8, 4) is 0 Å². The molecule has 0 aliphatic rings. The van der Waals surface area contributed by atoms with Gasteiger partial charge in [0.2, 0.25) is 0 Å². The van der Waals surface area contributed by atoms with Gasteiger partial charge < -0.3 is 10.1 Å². The fraction of sp³-hybridized carbons (Fsp3) is 0.273. The summed E-state index contributed by atoms with van der Waals surface area (Å²) in [5, 5.41) is 10.9. The Kier molecular flexibility index (Phi) is 2.76. The SMILES string of the molecule is COC(=O)C(C)Nc1ccc2cn[nH]c2c1. The average Bonchev–Trinajstić information content (AvgIpc) is 2.75. The molecule has 2 rings (SSSR count). The maximum absolute atomic E-state index is 11.2. The number of methoxy groups -OCH3 is 1. The highest BCUT2D eigenvalue weighted by Gasteiger charge is 2.12. The number of nitrogens with zero attached hydrogens (tertiary/aromatic N) is 1. The minimum Gasteiger partial charge on any atom is -0.467 e. The summed E-state index contributed by atoms with van der Waals surface area (Å²) in [5.41, 5.74) is 1.79. The van der Waals surface area contributed by atoms with E-state index in [1.807, 2.05) is 18.2 Å². The lowest BCUT2D eigenvalue weighted by molar-refractivity contribution is -0.141. The van der Waals surface area contributed by atoms with E-state index in [9.17, 15) is 4.79 Å². The van der Waals surface area contributed by atoms with E-state index in [2.05, 4.69) is 20.3 Å². The van der Waals surface area contributed by atoms with Gasteiger partial charge in [-0.2, -0.15) is 5.10 Å². The van der Waals surface area contributed by atoms with Crippen molar-refractivity contribution in [3.05, 3.63) is 24.4 Å². The van der Waals surface area contributed by atoms with E-state index in [-0.39, 0.29) is 12.0 Å². The number of hydrogen-bond acceptors (Lipinski definition) is 4. The summed E-state index contributed by atoms with van der Waals surface area (Å²) in [5.74, 6) is -0.287. The Morgan fingerprint density at radius 2 is 2.38 bits per heavy atom. The van der Waals surface area contributed by atoms with Crippen molar-refractivity contribution in [3.63, 3.8) is 0 Å². The van der Waals surface area contributed by atoms with E-state index < -0.39 is 0 Å². The number of esters is 1. The summed E-state index contributed by atoms with van der Waals surface area (Å²) in [7, 11) is 1.37. The van der Waals surface area contributed by atoms with E-state index in [1.54, 1.807) is 13.1 Å². The Morgan fingerprint density at radius 3 is 3.12 bits per heavy atom. The number of anilines is 1. The number of fused-ring (bicyclic) bond motifs is 1. The molecule has 1 unspecified atom stereocenters. The number of carbonyl (C=O) groups is 1. The van der Waals surface area contributed by atoms with Gasteiger partial charge in [0.25, 0.3) is 0 Å². The highest BCUT2D eigenvalue weighted by atomic mass is 16.5. The maximum atomic E-state index is 11.2. The van der Waals surface area contributed by atoms with Crippen molar-refractivity contribution in [2.24, 2.45) is 0 Å². The number of rotatable bonds is 3. The average molecular weight is 219 g/mol. The molecule has 2 N–H and O–H groups in total. The minimum absolute atomic E-state index is 0.287. The standard InChI is InChI=1S/C11H13N3O2/c1-7(11(15)16-2)13-9-4-3-8-6-12-14-10(8)5-9/h3-7,13H,1-2H3,(H,12,14). The molecule has 0 aliphatic carbocycles. The number of hydrogen-bond donors (Lipinski definition) is 2. The predicted octanol–water partition coefficient (Wildman–Crippen LogP) is 1.54. The maximum Gasteiger partial charge on any atom is 0.327 e. The lowest BCUT2D eigenvalue weighted by Crippen LogP contribution is -2.27. The van der Waals surface area contributed by atoms with Crippen LogP contribution in [-0.2, 0) is 9.53 Å². The fourth-order valence-electron chi connectivity index (χ4n) is 1.51. The highest BCUT2D eigenvalue weighted by molar-refractivity contribution is 5.83. The van der Waals surface area contributed by atoms with Crippen LogP contribution in [0.1, 0.15) is 6.92 Å². The second-order valence-electron chi connectivity index (χ2n) is 3.56. The molecule has 16 heavy (non-hydrogen) atoms. The zero-order valence-corrected chi connectivity index (χ0v) is 9.15. The van der Waals surface area contributed by atoms with Crippen LogP contribution in [0.3, 0.4) is 0 Å². The molecule has 5 nitrogen and oxygen atoms in total. The largest absolute Gasteiger partial charge is 0.467 e. The van der Waals surface area contributed by atoms with Crippen LogP contribution in [0, 0.1) is 0 Å². The molecule has 0 spiro atoms. The van der Waals surface area contributed by atoms with Crippen LogP contribution >= 0.6 is 0 Å². The van der Waals surface area contributed by atoms with Crippen molar-refractivity contribution in [2.45, 2.75) is 13.0 Å². The highest BCUT2D eigenvalue weighted by Crippen LogP contribution is 2.17. The summed E-state index contributed by atoms with van der Waals surface area (Å²) in [6.45, 7) is 1.75. The first-order chi connectivity index (χ1) is 7.70. The third-order valence-corrected chi connectivity index (χ3v) is 2.38. The number of H-pyrrole nitrogens is 1. The second kappa shape index (κ2) is 4.22. The molecular formula is C11H13N3O2. The lowest BCUT2D eigenvalue weighted by atomic mass is 10.2. The van der Waals surface area contributed by atoms with Gasteiger partial charge in [-0.15, -0.1) is 0 Å². The lowest BCUT2D eigenvalue weighted by Gasteiger charge is -2.12. The van der Waals surface area contributed by atoms with Crippen LogP contribution in [0.4, 0.5) is 5.69 Å². The van der Waals surface area contributed by atoms with Crippen LogP contribution in [0.2, 0.25) is 0 Å². The number of carbonyl (C=O) groups excluding carboxylic acids is 1. The summed E-state index contributed by atoms with van der Waals surface area (Å²) in [4.78, 5) is 11.2. The topological polar surface area (TPSA) is 67.0 Å². The molecule has 5 heteroatoms. The molecule has 1 atom stereocenters. The van der Waals surface area contributed by atoms with E-state index in [4.69, 9.17) is 0 Å². The van der Waals surface area contributed by atoms with Crippen LogP contribution < -0.4 is 5.32 Å². The van der Waals surface area contributed by atoms with E-state index in [1.165, 1.54) is 7.11 Å². The molecule has 2 aromatic rings. The van der Waals surface area contributed by atoms with Gasteiger partial charge in [-0.25, -0.2) is 4.79 Å². The zero-order valence-electron chi connectivity index (χ0n) is 9.15. The third kappa shape index (κ3) is 1.98. The van der Waals surface area contributed by atoms with Gasteiger partial charge in [-0.1, -0.05) is 0 Å². The monoisotopic (exact) mass is 219 g/mol. The van der Waals surface area contributed by atoms with Gasteiger partial charge in [0.15, 0.2) is 0 Å². The molecule has 0 fully saturated rings. The number of aromatic nitrogens is 2. The smallest absolute Gasteiger partial charge is 0.327 e. The van der Waals surface area contributed by atoms with Crippen LogP contribution in [0.15, 0.2) is 24.4 Å². The summed E-state index contributed by atoms with van der Waals surface area (Å²) in [6, 6.07) is 5.37. The van der Waals surface area contributed by atoms with Crippen molar-refractivity contribution in [1.82, 2.24) is 10.2 Å². The number of benzene rings is 1. The fourth-order valence-corrected chi connectivity index (χ4v) is 1.51. The molecule has 1 aromatic heterocycles. The quantitative estimate of drug-likeness (QED) is 0.768. The molecule has 1 aromatic carbocycles. The molecule has 0 bridgehead atoms. The molecule has 0 aliphatic heterocycles. The summed E-state index contributed by atoms with van der Waals surface area (Å²) in [6.07, 6.45) is 1.75. The van der Waals surface area contributed by atoms with Gasteiger partial charge in [-0.3, -0.25) is 5.10 Å². The van der Waals surface area contributed by atoms with Gasteiger partial charge in [0.05, 0.1) is 18.8 Å². The Hall–Kier alpha value is -2.04. The number of aromatic amines is 1. The predicted molar refractivity (Wildman–Crippen MR) is 61.2 cm³/mol. The molecule has 0 saturated heterocycles. The van der Waals surface area contributed by atoms with Gasteiger partial charge in [0.1, 0.15) is 6.04 Å². The second-order valence-corrected chi connectivity index (χ2v) is 3.56. The minimum atomic E-state index is -0.370. The van der Waals surface area contributed by atoms with E-state index in [0.29, 0.717) is 0 Å². The first kappa shape index (κ1) is 10.5. The molecule has 84 valence electrons. The molecule has 0 amide bonds. The Labute approximate surface area is 92.8 Å². The Balaban J connectivity index is 2.17. The summed E-state index contributed by atoms with van der Waals surface area (Å²) < 4.78 is 4.64. The van der Waals surface area contributed by atoms with Crippen molar-refractivity contribution in [1.29, 1.82) is 0 Å². The third-order valence-electron chi connectivity index (χ3n) is 2.38. The van der Waals surface area contributed by atoms with Crippen molar-refractivity contribution < 1.29 is 9.53 Å². The Bertz CT molecular complexity index is 507. The first-order valence-corrected chi connectivity index (χ1v) is 4.98.